The Labute approximate surface area is 94.5 Å². The second-order valence-electron chi connectivity index (χ2n) is 3.32. The Kier molecular flexibility index (Phi) is 5.28. The van der Waals surface area contributed by atoms with Crippen molar-refractivity contribution in [2.45, 2.75) is 26.4 Å². The maximum atomic E-state index is 11.3. The van der Waals surface area contributed by atoms with Crippen LogP contribution in [0.5, 0.6) is 0 Å². The molecule has 0 aliphatic rings. The molecule has 0 spiro atoms. The largest absolute Gasteiger partial charge is 0.449 e. The van der Waals surface area contributed by atoms with Crippen LogP contribution in [0.15, 0.2) is 18.3 Å². The molecule has 0 bridgehead atoms. The molecule has 16 heavy (non-hydrogen) atoms. The van der Waals surface area contributed by atoms with E-state index in [0.717, 1.165) is 12.8 Å². The molecule has 0 radical (unpaired) electrons. The molecule has 5 heteroatoms. The Morgan fingerprint density at radius 3 is 3.12 bits per heavy atom. The predicted octanol–water partition coefficient (Wildman–Crippen LogP) is 1.92. The highest BCUT2D eigenvalue weighted by molar-refractivity contribution is 5.83. The number of unbranched alkanes of at least 4 members (excludes halogenated alkanes) is 1. The molecule has 0 aliphatic heterocycles. The van der Waals surface area contributed by atoms with Gasteiger partial charge in [-0.25, -0.2) is 9.78 Å². The van der Waals surface area contributed by atoms with E-state index in [1.165, 1.54) is 6.20 Å². The summed E-state index contributed by atoms with van der Waals surface area (Å²) in [6, 6.07) is 3.27. The number of carbonyl (C=O) groups is 1. The number of hydrogen-bond acceptors (Lipinski definition) is 4. The topological polar surface area (TPSA) is 71.5 Å². The minimum Gasteiger partial charge on any atom is -0.449 e. The Bertz CT molecular complexity index is 342. The summed E-state index contributed by atoms with van der Waals surface area (Å²) in [6.45, 7) is 2.34. The van der Waals surface area contributed by atoms with Crippen molar-refractivity contribution in [1.82, 2.24) is 4.98 Å². The van der Waals surface area contributed by atoms with Crippen molar-refractivity contribution in [3.8, 4) is 0 Å². The quantitative estimate of drug-likeness (QED) is 0.749. The molecule has 5 nitrogen and oxygen atoms in total. The van der Waals surface area contributed by atoms with Crippen molar-refractivity contribution < 1.29 is 14.6 Å². The molecule has 0 atom stereocenters. The molecule has 2 N–H and O–H groups in total. The molecule has 0 saturated carbocycles. The molecule has 1 heterocycles. The minimum absolute atomic E-state index is 0.0813. The molecule has 1 amide bonds. The van der Waals surface area contributed by atoms with Gasteiger partial charge < -0.3 is 9.84 Å². The maximum absolute atomic E-state index is 11.3. The number of ether oxygens (including phenoxy) is 1. The first kappa shape index (κ1) is 12.4. The van der Waals surface area contributed by atoms with Crippen LogP contribution in [0.25, 0.3) is 0 Å². The lowest BCUT2D eigenvalue weighted by molar-refractivity contribution is 0.160. The third kappa shape index (κ3) is 4.27. The minimum atomic E-state index is -0.518. The zero-order chi connectivity index (χ0) is 11.8. The number of aliphatic hydroxyl groups is 1. The SMILES string of the molecule is CCCCOC(=O)Nc1cc(CO)ccn1. The number of carbonyl (C=O) groups excluding carboxylic acids is 1. The van der Waals surface area contributed by atoms with Crippen LogP contribution in [0.2, 0.25) is 0 Å². The van der Waals surface area contributed by atoms with Crippen LogP contribution < -0.4 is 5.32 Å². The first-order valence-electron chi connectivity index (χ1n) is 5.25. The summed E-state index contributed by atoms with van der Waals surface area (Å²) in [5.74, 6) is 0.382. The Hall–Kier alpha value is -1.62. The number of amides is 1. The number of aliphatic hydroxyl groups excluding tert-OH is 1. The Morgan fingerprint density at radius 2 is 2.44 bits per heavy atom. The summed E-state index contributed by atoms with van der Waals surface area (Å²) < 4.78 is 4.91. The lowest BCUT2D eigenvalue weighted by Gasteiger charge is -2.06. The van der Waals surface area contributed by atoms with Gasteiger partial charge in [0.15, 0.2) is 0 Å². The van der Waals surface area contributed by atoms with E-state index < -0.39 is 6.09 Å². The van der Waals surface area contributed by atoms with Gasteiger partial charge in [0, 0.05) is 6.20 Å². The van der Waals surface area contributed by atoms with E-state index in [2.05, 4.69) is 10.3 Å². The molecule has 1 aromatic heterocycles. The summed E-state index contributed by atoms with van der Waals surface area (Å²) in [5.41, 5.74) is 0.693. The predicted molar refractivity (Wildman–Crippen MR) is 60.0 cm³/mol. The fourth-order valence-electron chi connectivity index (χ4n) is 1.09. The van der Waals surface area contributed by atoms with Crippen LogP contribution in [0.3, 0.4) is 0 Å². The maximum Gasteiger partial charge on any atom is 0.412 e. The van der Waals surface area contributed by atoms with Crippen LogP contribution in [0, 0.1) is 0 Å². The van der Waals surface area contributed by atoms with Gasteiger partial charge >= 0.3 is 6.09 Å². The van der Waals surface area contributed by atoms with Crippen LogP contribution in [0.1, 0.15) is 25.3 Å². The smallest absolute Gasteiger partial charge is 0.412 e. The second-order valence-corrected chi connectivity index (χ2v) is 3.32. The van der Waals surface area contributed by atoms with Gasteiger partial charge in [-0.15, -0.1) is 0 Å². The zero-order valence-corrected chi connectivity index (χ0v) is 9.27. The zero-order valence-electron chi connectivity index (χ0n) is 9.27. The van der Waals surface area contributed by atoms with Gasteiger partial charge in [-0.3, -0.25) is 5.32 Å². The van der Waals surface area contributed by atoms with Crippen LogP contribution >= 0.6 is 0 Å². The fourth-order valence-corrected chi connectivity index (χ4v) is 1.09. The highest BCUT2D eigenvalue weighted by Crippen LogP contribution is 2.06. The van der Waals surface area contributed by atoms with Crippen molar-refractivity contribution in [2.75, 3.05) is 11.9 Å². The van der Waals surface area contributed by atoms with Crippen LogP contribution in [-0.2, 0) is 11.3 Å². The molecule has 1 aromatic rings. The van der Waals surface area contributed by atoms with Crippen molar-refractivity contribution >= 4 is 11.9 Å². The van der Waals surface area contributed by atoms with E-state index in [-0.39, 0.29) is 6.61 Å². The first-order chi connectivity index (χ1) is 7.76. The summed E-state index contributed by atoms with van der Waals surface area (Å²) in [4.78, 5) is 15.2. The van der Waals surface area contributed by atoms with Gasteiger partial charge in [0.05, 0.1) is 13.2 Å². The number of aromatic nitrogens is 1. The summed E-state index contributed by atoms with van der Waals surface area (Å²) in [6.07, 6.45) is 2.83. The molecule has 1 rings (SSSR count). The third-order valence-electron chi connectivity index (χ3n) is 1.97. The van der Waals surface area contributed by atoms with Crippen LogP contribution in [-0.4, -0.2) is 22.8 Å². The Morgan fingerprint density at radius 1 is 1.62 bits per heavy atom. The number of rotatable bonds is 5. The second kappa shape index (κ2) is 6.79. The summed E-state index contributed by atoms with van der Waals surface area (Å²) >= 11 is 0. The standard InChI is InChI=1S/C11H16N2O3/c1-2-3-6-16-11(15)13-10-7-9(8-14)4-5-12-10/h4-5,7,14H,2-3,6,8H2,1H3,(H,12,13,15). The highest BCUT2D eigenvalue weighted by atomic mass is 16.5. The van der Waals surface area contributed by atoms with E-state index in [9.17, 15) is 4.79 Å². The van der Waals surface area contributed by atoms with E-state index in [1.807, 2.05) is 6.92 Å². The number of nitrogens with one attached hydrogen (secondary N) is 1. The average Bonchev–Trinajstić information content (AvgIpc) is 2.29. The van der Waals surface area contributed by atoms with E-state index in [1.54, 1.807) is 12.1 Å². The van der Waals surface area contributed by atoms with E-state index >= 15 is 0 Å². The number of anilines is 1. The Balaban J connectivity index is 2.43. The molecule has 0 fully saturated rings. The highest BCUT2D eigenvalue weighted by Gasteiger charge is 2.03. The van der Waals surface area contributed by atoms with Gasteiger partial charge in [-0.05, 0) is 24.1 Å². The van der Waals surface area contributed by atoms with Crippen LogP contribution in [0.4, 0.5) is 10.6 Å². The van der Waals surface area contributed by atoms with Gasteiger partial charge in [-0.2, -0.15) is 0 Å². The monoisotopic (exact) mass is 224 g/mol. The molecule has 0 saturated heterocycles. The summed E-state index contributed by atoms with van der Waals surface area (Å²) in [5, 5.41) is 11.4. The number of nitrogens with zero attached hydrogens (tertiary/aromatic N) is 1. The van der Waals surface area contributed by atoms with Gasteiger partial charge in [0.1, 0.15) is 5.82 Å². The number of hydrogen-bond donors (Lipinski definition) is 2. The van der Waals surface area contributed by atoms with Crippen molar-refractivity contribution in [3.63, 3.8) is 0 Å². The third-order valence-corrected chi connectivity index (χ3v) is 1.97. The van der Waals surface area contributed by atoms with Gasteiger partial charge in [0.25, 0.3) is 0 Å². The van der Waals surface area contributed by atoms with Gasteiger partial charge in [-0.1, -0.05) is 13.3 Å². The molecule has 0 aliphatic carbocycles. The number of pyridine rings is 1. The van der Waals surface area contributed by atoms with E-state index in [4.69, 9.17) is 9.84 Å². The lowest BCUT2D eigenvalue weighted by atomic mass is 10.3. The first-order valence-corrected chi connectivity index (χ1v) is 5.25. The van der Waals surface area contributed by atoms with Crippen molar-refractivity contribution in [1.29, 1.82) is 0 Å². The molecule has 88 valence electrons. The molecular weight excluding hydrogens is 208 g/mol. The molecular formula is C11H16N2O3. The van der Waals surface area contributed by atoms with E-state index in [0.29, 0.717) is 18.0 Å². The van der Waals surface area contributed by atoms with Gasteiger partial charge in [0.2, 0.25) is 0 Å². The van der Waals surface area contributed by atoms with Crippen molar-refractivity contribution in [2.24, 2.45) is 0 Å². The molecule has 0 unspecified atom stereocenters. The molecule has 0 aromatic carbocycles. The average molecular weight is 224 g/mol. The lowest BCUT2D eigenvalue weighted by Crippen LogP contribution is -2.15. The van der Waals surface area contributed by atoms with Crippen molar-refractivity contribution in [3.05, 3.63) is 23.9 Å². The summed E-state index contributed by atoms with van der Waals surface area (Å²) in [7, 11) is 0. The fraction of sp³-hybridized carbons (Fsp3) is 0.455. The normalized spacial score (nSPS) is 9.88.